The maximum atomic E-state index is 14.0. The van der Waals surface area contributed by atoms with Gasteiger partial charge in [0.1, 0.15) is 10.7 Å². The highest BCUT2D eigenvalue weighted by Crippen LogP contribution is 2.42. The molecular weight excluding hydrogens is 455 g/mol. The first-order chi connectivity index (χ1) is 15.3. The lowest BCUT2D eigenvalue weighted by Gasteiger charge is -2.28. The van der Waals surface area contributed by atoms with E-state index in [9.17, 15) is 12.8 Å². The summed E-state index contributed by atoms with van der Waals surface area (Å²) < 4.78 is 47.3. The van der Waals surface area contributed by atoms with Crippen LogP contribution in [-0.2, 0) is 27.6 Å². The van der Waals surface area contributed by atoms with Crippen LogP contribution in [0.3, 0.4) is 0 Å². The Hall–Kier alpha value is -2.59. The van der Waals surface area contributed by atoms with Crippen LogP contribution in [0, 0.1) is 5.82 Å². The molecular formula is C22H20ClFN4O3S. The van der Waals surface area contributed by atoms with Gasteiger partial charge in [0.15, 0.2) is 0 Å². The molecule has 2 heterocycles. The van der Waals surface area contributed by atoms with Gasteiger partial charge < -0.3 is 10.5 Å². The molecule has 2 aromatic carbocycles. The number of hydrogen-bond acceptors (Lipinski definition) is 6. The van der Waals surface area contributed by atoms with Crippen LogP contribution in [0.2, 0.25) is 5.02 Å². The molecule has 0 amide bonds. The van der Waals surface area contributed by atoms with E-state index in [1.807, 2.05) is 0 Å². The molecule has 7 nitrogen and oxygen atoms in total. The molecule has 2 N–H and O–H groups in total. The minimum atomic E-state index is -3.83. The number of nitrogens with zero attached hydrogens (tertiary/aromatic N) is 3. The highest BCUT2D eigenvalue weighted by molar-refractivity contribution is 7.89. The Morgan fingerprint density at radius 3 is 2.62 bits per heavy atom. The Kier molecular flexibility index (Phi) is 5.37. The summed E-state index contributed by atoms with van der Waals surface area (Å²) in [5.74, 6) is -0.322. The van der Waals surface area contributed by atoms with Crippen molar-refractivity contribution in [3.05, 3.63) is 58.5 Å². The van der Waals surface area contributed by atoms with Crippen molar-refractivity contribution >= 4 is 27.6 Å². The number of hydrogen-bond donors (Lipinski definition) is 1. The van der Waals surface area contributed by atoms with Crippen LogP contribution < -0.4 is 5.73 Å². The second-order valence-corrected chi connectivity index (χ2v) is 10.0. The molecule has 0 radical (unpaired) electrons. The van der Waals surface area contributed by atoms with Crippen molar-refractivity contribution in [2.75, 3.05) is 32.0 Å². The average molecular weight is 475 g/mol. The lowest BCUT2D eigenvalue weighted by Crippen LogP contribution is -2.40. The summed E-state index contributed by atoms with van der Waals surface area (Å²) in [7, 11) is -3.83. The van der Waals surface area contributed by atoms with Gasteiger partial charge in [0, 0.05) is 24.2 Å². The number of benzene rings is 2. The summed E-state index contributed by atoms with van der Waals surface area (Å²) >= 11 is 6.46. The average Bonchev–Trinajstić information content (AvgIpc) is 2.78. The highest BCUT2D eigenvalue weighted by atomic mass is 35.5. The normalized spacial score (nSPS) is 16.4. The summed E-state index contributed by atoms with van der Waals surface area (Å²) in [4.78, 5) is 8.80. The number of ether oxygens (including phenoxy) is 1. The first kappa shape index (κ1) is 21.3. The molecule has 1 aliphatic heterocycles. The van der Waals surface area contributed by atoms with Crippen LogP contribution in [0.1, 0.15) is 11.3 Å². The number of rotatable bonds is 3. The molecule has 32 heavy (non-hydrogen) atoms. The monoisotopic (exact) mass is 474 g/mol. The fourth-order valence-electron chi connectivity index (χ4n) is 4.25. The van der Waals surface area contributed by atoms with E-state index in [4.69, 9.17) is 22.1 Å². The SMILES string of the molecule is Nc1nc2c(c(-c3cccc(F)c3)n1)-c1cc(S(=O)(=O)N3CCOCC3)c(Cl)cc1CC2. The van der Waals surface area contributed by atoms with Crippen molar-refractivity contribution in [2.45, 2.75) is 17.7 Å². The van der Waals surface area contributed by atoms with E-state index in [1.165, 1.54) is 16.4 Å². The van der Waals surface area contributed by atoms with Gasteiger partial charge in [-0.2, -0.15) is 4.31 Å². The molecule has 1 aliphatic carbocycles. The molecule has 0 unspecified atom stereocenters. The summed E-state index contributed by atoms with van der Waals surface area (Å²) in [6.45, 7) is 1.20. The van der Waals surface area contributed by atoms with Gasteiger partial charge in [-0.15, -0.1) is 0 Å². The zero-order chi connectivity index (χ0) is 22.5. The van der Waals surface area contributed by atoms with Crippen LogP contribution in [0.25, 0.3) is 22.4 Å². The molecule has 5 rings (SSSR count). The molecule has 1 fully saturated rings. The molecule has 0 bridgehead atoms. The summed E-state index contributed by atoms with van der Waals surface area (Å²) in [6, 6.07) is 9.33. The predicted octanol–water partition coefficient (Wildman–Crippen LogP) is 3.30. The van der Waals surface area contributed by atoms with E-state index < -0.39 is 15.8 Å². The van der Waals surface area contributed by atoms with Gasteiger partial charge in [0.2, 0.25) is 16.0 Å². The number of nitrogens with two attached hydrogens (primary N) is 1. The highest BCUT2D eigenvalue weighted by Gasteiger charge is 2.32. The van der Waals surface area contributed by atoms with E-state index in [0.29, 0.717) is 54.1 Å². The quantitative estimate of drug-likeness (QED) is 0.625. The standard InChI is InChI=1S/C22H20ClFN4O3S/c23-17-11-13-4-5-18-20(21(27-22(25)26-18)14-2-1-3-15(24)10-14)16(13)12-19(17)32(29,30)28-6-8-31-9-7-28/h1-3,10-12H,4-9H2,(H2,25,26,27). The summed E-state index contributed by atoms with van der Waals surface area (Å²) in [5.41, 5.74) is 9.85. The van der Waals surface area contributed by atoms with E-state index in [0.717, 1.165) is 5.56 Å². The van der Waals surface area contributed by atoms with Crippen molar-refractivity contribution in [3.63, 3.8) is 0 Å². The van der Waals surface area contributed by atoms with Gasteiger partial charge in [-0.3, -0.25) is 0 Å². The van der Waals surface area contributed by atoms with E-state index in [1.54, 1.807) is 24.3 Å². The first-order valence-electron chi connectivity index (χ1n) is 10.2. The van der Waals surface area contributed by atoms with Crippen molar-refractivity contribution in [1.82, 2.24) is 14.3 Å². The summed E-state index contributed by atoms with van der Waals surface area (Å²) in [5, 5.41) is 0.169. The van der Waals surface area contributed by atoms with Crippen molar-refractivity contribution in [1.29, 1.82) is 0 Å². The maximum Gasteiger partial charge on any atom is 0.244 e. The lowest BCUT2D eigenvalue weighted by atomic mass is 9.86. The van der Waals surface area contributed by atoms with Gasteiger partial charge in [-0.25, -0.2) is 22.8 Å². The Labute approximate surface area is 190 Å². The Bertz CT molecular complexity index is 1330. The van der Waals surface area contributed by atoms with Crippen LogP contribution in [0.15, 0.2) is 41.3 Å². The maximum absolute atomic E-state index is 14.0. The van der Waals surface area contributed by atoms with Crippen LogP contribution in [0.4, 0.5) is 10.3 Å². The van der Waals surface area contributed by atoms with Gasteiger partial charge in [0.25, 0.3) is 0 Å². The Morgan fingerprint density at radius 2 is 1.88 bits per heavy atom. The minimum absolute atomic E-state index is 0.0229. The smallest absolute Gasteiger partial charge is 0.244 e. The molecule has 0 atom stereocenters. The third-order valence-electron chi connectivity index (χ3n) is 5.75. The number of sulfonamides is 1. The van der Waals surface area contributed by atoms with Crippen LogP contribution in [0.5, 0.6) is 0 Å². The zero-order valence-electron chi connectivity index (χ0n) is 17.0. The van der Waals surface area contributed by atoms with E-state index >= 15 is 0 Å². The number of morpholine rings is 1. The van der Waals surface area contributed by atoms with Gasteiger partial charge in [-0.05, 0) is 48.2 Å². The molecule has 0 spiro atoms. The number of aromatic nitrogens is 2. The molecule has 10 heteroatoms. The predicted molar refractivity (Wildman–Crippen MR) is 119 cm³/mol. The number of nitrogen functional groups attached to an aromatic ring is 1. The van der Waals surface area contributed by atoms with Crippen LogP contribution in [-0.4, -0.2) is 49.0 Å². The van der Waals surface area contributed by atoms with Crippen LogP contribution >= 0.6 is 11.6 Å². The zero-order valence-corrected chi connectivity index (χ0v) is 18.6. The number of fused-ring (bicyclic) bond motifs is 3. The fourth-order valence-corrected chi connectivity index (χ4v) is 6.20. The molecule has 1 aromatic heterocycles. The Morgan fingerprint density at radius 1 is 1.09 bits per heavy atom. The number of anilines is 1. The largest absolute Gasteiger partial charge is 0.379 e. The van der Waals surface area contributed by atoms with Crippen molar-refractivity contribution in [2.24, 2.45) is 0 Å². The molecule has 0 saturated carbocycles. The fraction of sp³-hybridized carbons (Fsp3) is 0.273. The van der Waals surface area contributed by atoms with E-state index in [2.05, 4.69) is 9.97 Å². The Balaban J connectivity index is 1.72. The van der Waals surface area contributed by atoms with Gasteiger partial charge >= 0.3 is 0 Å². The topological polar surface area (TPSA) is 98.4 Å². The number of aryl methyl sites for hydroxylation is 2. The van der Waals surface area contributed by atoms with Gasteiger partial charge in [0.05, 0.1) is 29.6 Å². The van der Waals surface area contributed by atoms with Crippen molar-refractivity contribution in [3.8, 4) is 22.4 Å². The first-order valence-corrected chi connectivity index (χ1v) is 12.0. The molecule has 1 saturated heterocycles. The third kappa shape index (κ3) is 3.65. The molecule has 3 aromatic rings. The second kappa shape index (κ2) is 8.08. The second-order valence-electron chi connectivity index (χ2n) is 7.72. The minimum Gasteiger partial charge on any atom is -0.379 e. The van der Waals surface area contributed by atoms with E-state index in [-0.39, 0.29) is 29.0 Å². The van der Waals surface area contributed by atoms with Gasteiger partial charge in [-0.1, -0.05) is 23.7 Å². The molecule has 166 valence electrons. The number of halogens is 2. The molecule has 2 aliphatic rings. The third-order valence-corrected chi connectivity index (χ3v) is 8.11. The lowest BCUT2D eigenvalue weighted by molar-refractivity contribution is 0.0730. The summed E-state index contributed by atoms with van der Waals surface area (Å²) in [6.07, 6.45) is 1.21. The van der Waals surface area contributed by atoms with Crippen molar-refractivity contribution < 1.29 is 17.5 Å².